The topological polar surface area (TPSA) is 96.6 Å². The zero-order chi connectivity index (χ0) is 14.2. The lowest BCUT2D eigenvalue weighted by atomic mass is 10.1. The average molecular weight is 281 g/mol. The first kappa shape index (κ1) is 13.4. The highest BCUT2D eigenvalue weighted by atomic mass is 32.1. The molecule has 2 rings (SSSR count). The Morgan fingerprint density at radius 2 is 2.00 bits per heavy atom. The lowest BCUT2D eigenvalue weighted by Gasteiger charge is -2.18. The molecule has 1 atom stereocenters. The molecule has 7 heteroatoms. The molecule has 1 unspecified atom stereocenters. The Labute approximate surface area is 111 Å². The minimum atomic E-state index is -2.17. The van der Waals surface area contributed by atoms with Gasteiger partial charge in [0, 0.05) is 4.70 Å². The second-order valence-electron chi connectivity index (χ2n) is 4.33. The lowest BCUT2D eigenvalue weighted by Crippen LogP contribution is -2.45. The summed E-state index contributed by atoms with van der Waals surface area (Å²) in [5.74, 6) is -1.49. The van der Waals surface area contributed by atoms with Crippen LogP contribution in [0.1, 0.15) is 6.92 Å². The van der Waals surface area contributed by atoms with E-state index in [0.717, 1.165) is 22.8 Å². The molecule has 1 aromatic heterocycles. The molecule has 0 amide bonds. The number of carboxylic acid groups (broad SMARTS) is 1. The number of fused-ring (bicyclic) bond motifs is 1. The van der Waals surface area contributed by atoms with Gasteiger partial charge in [-0.2, -0.15) is 0 Å². The van der Waals surface area contributed by atoms with E-state index in [1.807, 2.05) is 0 Å². The molecule has 0 aliphatic heterocycles. The molecular formula is C12H11NO5S. The van der Waals surface area contributed by atoms with Gasteiger partial charge in [0.05, 0.1) is 11.9 Å². The van der Waals surface area contributed by atoms with Crippen LogP contribution in [0.3, 0.4) is 0 Å². The smallest absolute Gasteiger partial charge is 0.337 e. The molecule has 0 radical (unpaired) electrons. The molecule has 100 valence electrons. The van der Waals surface area contributed by atoms with Crippen LogP contribution in [0.4, 0.5) is 0 Å². The van der Waals surface area contributed by atoms with Gasteiger partial charge >= 0.3 is 10.8 Å². The van der Waals surface area contributed by atoms with E-state index >= 15 is 0 Å². The van der Waals surface area contributed by atoms with Gasteiger partial charge < -0.3 is 10.2 Å². The Bertz CT molecular complexity index is 759. The number of hydrogen-bond acceptors (Lipinski definition) is 5. The number of aromatic nitrogens is 1. The number of benzene rings is 1. The summed E-state index contributed by atoms with van der Waals surface area (Å²) in [6.07, 6.45) is 0. The molecule has 6 nitrogen and oxygen atoms in total. The second kappa shape index (κ2) is 4.60. The third-order valence-electron chi connectivity index (χ3n) is 2.71. The van der Waals surface area contributed by atoms with Gasteiger partial charge in [0.15, 0.2) is 5.60 Å². The molecule has 0 aliphatic carbocycles. The van der Waals surface area contributed by atoms with Crippen LogP contribution in [0.15, 0.2) is 33.9 Å². The van der Waals surface area contributed by atoms with E-state index in [9.17, 15) is 19.5 Å². The van der Waals surface area contributed by atoms with Crippen molar-refractivity contribution in [3.05, 3.63) is 44.3 Å². The van der Waals surface area contributed by atoms with Crippen molar-refractivity contribution in [3.63, 3.8) is 0 Å². The zero-order valence-corrected chi connectivity index (χ0v) is 10.8. The fraction of sp³-hybridized carbons (Fsp3) is 0.250. The standard InChI is InChI=1S/C12H11NO5S/c1-12(18,10(15)16)6-13-9(14)7-4-2-3-5-8(7)19-11(13)17/h2-5,18H,6H2,1H3,(H,15,16). The van der Waals surface area contributed by atoms with Crippen LogP contribution in [0, 0.1) is 0 Å². The maximum atomic E-state index is 12.1. The average Bonchev–Trinajstić information content (AvgIpc) is 2.34. The summed E-state index contributed by atoms with van der Waals surface area (Å²) in [7, 11) is 0. The SMILES string of the molecule is CC(O)(Cn1c(=O)sc2ccccc2c1=O)C(=O)O. The van der Waals surface area contributed by atoms with Crippen LogP contribution in [0.25, 0.3) is 10.1 Å². The first-order valence-electron chi connectivity index (χ1n) is 5.41. The summed E-state index contributed by atoms with van der Waals surface area (Å²) < 4.78 is 1.28. The first-order valence-corrected chi connectivity index (χ1v) is 6.23. The van der Waals surface area contributed by atoms with Gasteiger partial charge in [0.2, 0.25) is 0 Å². The first-order chi connectivity index (χ1) is 8.83. The van der Waals surface area contributed by atoms with E-state index < -0.39 is 28.5 Å². The fourth-order valence-corrected chi connectivity index (χ4v) is 2.48. The Morgan fingerprint density at radius 1 is 1.37 bits per heavy atom. The van der Waals surface area contributed by atoms with Crippen molar-refractivity contribution in [3.8, 4) is 0 Å². The van der Waals surface area contributed by atoms with Crippen molar-refractivity contribution < 1.29 is 15.0 Å². The summed E-state index contributed by atoms with van der Waals surface area (Å²) in [5.41, 5.74) is -2.76. The van der Waals surface area contributed by atoms with E-state index in [4.69, 9.17) is 5.11 Å². The summed E-state index contributed by atoms with van der Waals surface area (Å²) in [5, 5.41) is 18.8. The molecule has 0 fully saturated rings. The molecule has 2 N–H and O–H groups in total. The van der Waals surface area contributed by atoms with Crippen molar-refractivity contribution in [1.82, 2.24) is 4.57 Å². The maximum Gasteiger partial charge on any atom is 0.337 e. The van der Waals surface area contributed by atoms with Gasteiger partial charge in [-0.25, -0.2) is 4.79 Å². The molecule has 1 heterocycles. The van der Waals surface area contributed by atoms with E-state index in [1.54, 1.807) is 24.3 Å². The molecule has 0 spiro atoms. The highest BCUT2D eigenvalue weighted by Gasteiger charge is 2.31. The summed E-state index contributed by atoms with van der Waals surface area (Å²) in [4.78, 5) is 34.2. The molecule has 19 heavy (non-hydrogen) atoms. The predicted molar refractivity (Wildman–Crippen MR) is 70.6 cm³/mol. The summed E-state index contributed by atoms with van der Waals surface area (Å²) in [6.45, 7) is 0.461. The zero-order valence-electron chi connectivity index (χ0n) is 9.99. The number of carbonyl (C=O) groups is 1. The number of aliphatic hydroxyl groups is 1. The van der Waals surface area contributed by atoms with Crippen LogP contribution >= 0.6 is 11.3 Å². The highest BCUT2D eigenvalue weighted by Crippen LogP contribution is 2.12. The van der Waals surface area contributed by atoms with E-state index in [1.165, 1.54) is 0 Å². The van der Waals surface area contributed by atoms with Gasteiger partial charge in [-0.05, 0) is 19.1 Å². The summed E-state index contributed by atoms with van der Waals surface area (Å²) in [6, 6.07) is 6.55. The minimum Gasteiger partial charge on any atom is -0.479 e. The van der Waals surface area contributed by atoms with Crippen molar-refractivity contribution in [2.45, 2.75) is 19.1 Å². The maximum absolute atomic E-state index is 12.1. The van der Waals surface area contributed by atoms with Crippen molar-refractivity contribution >= 4 is 27.4 Å². The Balaban J connectivity index is 2.66. The molecule has 0 saturated heterocycles. The van der Waals surface area contributed by atoms with Crippen LogP contribution in [-0.2, 0) is 11.3 Å². The lowest BCUT2D eigenvalue weighted by molar-refractivity contribution is -0.158. The predicted octanol–water partition coefficient (Wildman–Crippen LogP) is 0.259. The van der Waals surface area contributed by atoms with Gasteiger partial charge in [0.1, 0.15) is 0 Å². The molecule has 0 aliphatic rings. The van der Waals surface area contributed by atoms with E-state index in [0.29, 0.717) is 10.1 Å². The van der Waals surface area contributed by atoms with Crippen molar-refractivity contribution in [1.29, 1.82) is 0 Å². The number of carboxylic acids is 1. The van der Waals surface area contributed by atoms with Gasteiger partial charge in [-0.3, -0.25) is 14.2 Å². The molecule has 1 aromatic carbocycles. The quantitative estimate of drug-likeness (QED) is 0.841. The number of aliphatic carboxylic acids is 1. The third kappa shape index (κ3) is 2.42. The Kier molecular flexibility index (Phi) is 3.25. The van der Waals surface area contributed by atoms with Gasteiger partial charge in [-0.1, -0.05) is 23.5 Å². The van der Waals surface area contributed by atoms with Crippen molar-refractivity contribution in [2.75, 3.05) is 0 Å². The largest absolute Gasteiger partial charge is 0.479 e. The van der Waals surface area contributed by atoms with Crippen LogP contribution in [0.2, 0.25) is 0 Å². The van der Waals surface area contributed by atoms with Crippen LogP contribution in [0.5, 0.6) is 0 Å². The Hall–Kier alpha value is -1.99. The van der Waals surface area contributed by atoms with Crippen LogP contribution in [-0.4, -0.2) is 26.4 Å². The molecular weight excluding hydrogens is 270 g/mol. The number of rotatable bonds is 3. The summed E-state index contributed by atoms with van der Waals surface area (Å²) >= 11 is 0.838. The van der Waals surface area contributed by atoms with E-state index in [-0.39, 0.29) is 0 Å². The van der Waals surface area contributed by atoms with Crippen molar-refractivity contribution in [2.24, 2.45) is 0 Å². The monoisotopic (exact) mass is 281 g/mol. The highest BCUT2D eigenvalue weighted by molar-refractivity contribution is 7.16. The van der Waals surface area contributed by atoms with Gasteiger partial charge in [-0.15, -0.1) is 0 Å². The second-order valence-corrected chi connectivity index (χ2v) is 5.33. The molecule has 2 aromatic rings. The molecule has 0 saturated carbocycles. The normalized spacial score (nSPS) is 14.2. The van der Waals surface area contributed by atoms with Crippen LogP contribution < -0.4 is 10.4 Å². The third-order valence-corrected chi connectivity index (χ3v) is 3.68. The van der Waals surface area contributed by atoms with E-state index in [2.05, 4.69) is 0 Å². The Morgan fingerprint density at radius 3 is 2.63 bits per heavy atom. The molecule has 0 bridgehead atoms. The number of nitrogens with zero attached hydrogens (tertiary/aromatic N) is 1. The fourth-order valence-electron chi connectivity index (χ4n) is 1.62. The number of hydrogen-bond donors (Lipinski definition) is 2. The minimum absolute atomic E-state index is 0.327. The van der Waals surface area contributed by atoms with Gasteiger partial charge in [0.25, 0.3) is 5.56 Å².